The fourth-order valence-corrected chi connectivity index (χ4v) is 8.68. The molecular formula is C58H110O6. The minimum Gasteiger partial charge on any atom is -0.462 e. The average Bonchev–Trinajstić information content (AvgIpc) is 3.29. The van der Waals surface area contributed by atoms with E-state index < -0.39 is 6.10 Å². The monoisotopic (exact) mass is 903 g/mol. The normalized spacial score (nSPS) is 12.0. The van der Waals surface area contributed by atoms with Crippen LogP contribution in [0.3, 0.4) is 0 Å². The molecule has 0 saturated heterocycles. The van der Waals surface area contributed by atoms with Crippen molar-refractivity contribution in [1.29, 1.82) is 0 Å². The van der Waals surface area contributed by atoms with Gasteiger partial charge in [-0.1, -0.05) is 270 Å². The largest absolute Gasteiger partial charge is 0.462 e. The minimum atomic E-state index is -0.766. The van der Waals surface area contributed by atoms with Crippen LogP contribution in [0, 0.1) is 0 Å². The predicted octanol–water partition coefficient (Wildman–Crippen LogP) is 18.9. The highest BCUT2D eigenvalue weighted by molar-refractivity contribution is 5.71. The van der Waals surface area contributed by atoms with Gasteiger partial charge in [-0.3, -0.25) is 14.4 Å². The van der Waals surface area contributed by atoms with Gasteiger partial charge in [-0.05, 0) is 44.9 Å². The molecule has 1 unspecified atom stereocenters. The molecule has 0 spiro atoms. The Morgan fingerprint density at radius 2 is 0.516 bits per heavy atom. The van der Waals surface area contributed by atoms with Gasteiger partial charge in [0.15, 0.2) is 6.10 Å². The highest BCUT2D eigenvalue weighted by Gasteiger charge is 2.19. The molecule has 0 aliphatic rings. The second-order valence-electron chi connectivity index (χ2n) is 19.6. The minimum absolute atomic E-state index is 0.0661. The molecule has 0 heterocycles. The molecule has 0 rings (SSSR count). The maximum atomic E-state index is 12.8. The molecule has 0 aromatic carbocycles. The van der Waals surface area contributed by atoms with Crippen molar-refractivity contribution in [3.05, 3.63) is 12.2 Å². The molecule has 0 aliphatic carbocycles. The maximum absolute atomic E-state index is 12.8. The number of ether oxygens (including phenoxy) is 3. The van der Waals surface area contributed by atoms with Crippen LogP contribution in [0.4, 0.5) is 0 Å². The zero-order chi connectivity index (χ0) is 46.5. The Morgan fingerprint density at radius 1 is 0.297 bits per heavy atom. The van der Waals surface area contributed by atoms with Gasteiger partial charge in [-0.15, -0.1) is 0 Å². The first kappa shape index (κ1) is 62.1. The molecule has 0 aromatic heterocycles. The Labute approximate surface area is 399 Å². The summed E-state index contributed by atoms with van der Waals surface area (Å²) in [5, 5.41) is 0. The van der Waals surface area contributed by atoms with Crippen molar-refractivity contribution in [2.24, 2.45) is 0 Å². The summed E-state index contributed by atoms with van der Waals surface area (Å²) < 4.78 is 16.8. The first-order chi connectivity index (χ1) is 31.5. The lowest BCUT2D eigenvalue weighted by Crippen LogP contribution is -2.30. The van der Waals surface area contributed by atoms with E-state index >= 15 is 0 Å². The lowest BCUT2D eigenvalue weighted by molar-refractivity contribution is -0.167. The van der Waals surface area contributed by atoms with Crippen molar-refractivity contribution < 1.29 is 28.6 Å². The molecule has 6 heteroatoms. The molecule has 0 fully saturated rings. The Hall–Kier alpha value is -1.85. The van der Waals surface area contributed by atoms with E-state index in [-0.39, 0.29) is 31.1 Å². The molecule has 0 saturated carbocycles. The van der Waals surface area contributed by atoms with Crippen LogP contribution in [0.5, 0.6) is 0 Å². The van der Waals surface area contributed by atoms with Crippen molar-refractivity contribution in [3.8, 4) is 0 Å². The Kier molecular flexibility index (Phi) is 52.2. The highest BCUT2D eigenvalue weighted by atomic mass is 16.6. The lowest BCUT2D eigenvalue weighted by Gasteiger charge is -2.18. The van der Waals surface area contributed by atoms with Gasteiger partial charge in [0.05, 0.1) is 0 Å². The van der Waals surface area contributed by atoms with Gasteiger partial charge in [-0.2, -0.15) is 0 Å². The summed E-state index contributed by atoms with van der Waals surface area (Å²) in [7, 11) is 0. The average molecular weight is 904 g/mol. The molecule has 0 bridgehead atoms. The standard InChI is InChI=1S/C58H110O6/c1-4-7-10-13-16-19-21-23-25-27-29-31-32-34-36-39-42-45-48-51-57(60)63-54-55(53-62-56(59)50-47-44-41-38-18-15-12-9-6-3)64-58(61)52-49-46-43-40-37-35-33-30-28-26-24-22-20-17-14-11-8-5-2/h26,28,55H,4-25,27,29-54H2,1-3H3/b28-26-. The van der Waals surface area contributed by atoms with Gasteiger partial charge in [0.2, 0.25) is 0 Å². The molecule has 0 amide bonds. The van der Waals surface area contributed by atoms with Crippen molar-refractivity contribution in [1.82, 2.24) is 0 Å². The van der Waals surface area contributed by atoms with Crippen LogP contribution in [0.1, 0.15) is 323 Å². The molecule has 378 valence electrons. The van der Waals surface area contributed by atoms with Gasteiger partial charge in [0.25, 0.3) is 0 Å². The molecule has 0 radical (unpaired) electrons. The van der Waals surface area contributed by atoms with E-state index in [0.717, 1.165) is 57.8 Å². The summed E-state index contributed by atoms with van der Waals surface area (Å²) in [5.41, 5.74) is 0. The van der Waals surface area contributed by atoms with E-state index in [4.69, 9.17) is 14.2 Å². The van der Waals surface area contributed by atoms with Crippen LogP contribution in [-0.2, 0) is 28.6 Å². The van der Waals surface area contributed by atoms with E-state index in [1.165, 1.54) is 225 Å². The smallest absolute Gasteiger partial charge is 0.306 e. The second-order valence-corrected chi connectivity index (χ2v) is 19.6. The van der Waals surface area contributed by atoms with Gasteiger partial charge < -0.3 is 14.2 Å². The van der Waals surface area contributed by atoms with E-state index in [9.17, 15) is 14.4 Å². The number of unbranched alkanes of at least 4 members (excludes halogenated alkanes) is 40. The van der Waals surface area contributed by atoms with Crippen LogP contribution in [0.25, 0.3) is 0 Å². The van der Waals surface area contributed by atoms with E-state index in [2.05, 4.69) is 32.9 Å². The molecule has 64 heavy (non-hydrogen) atoms. The van der Waals surface area contributed by atoms with Crippen LogP contribution >= 0.6 is 0 Å². The molecule has 0 N–H and O–H groups in total. The third kappa shape index (κ3) is 51.1. The molecular weight excluding hydrogens is 793 g/mol. The van der Waals surface area contributed by atoms with E-state index in [0.29, 0.717) is 19.3 Å². The fourth-order valence-electron chi connectivity index (χ4n) is 8.68. The van der Waals surface area contributed by atoms with E-state index in [1.54, 1.807) is 0 Å². The SMILES string of the molecule is CCCCCCCCC/C=C\CCCCCCCCCC(=O)OC(COC(=O)CCCCCCCCCCC)COC(=O)CCCCCCCCCCCCCCCCCCCCC. The lowest BCUT2D eigenvalue weighted by atomic mass is 10.0. The van der Waals surface area contributed by atoms with Crippen molar-refractivity contribution in [2.75, 3.05) is 13.2 Å². The van der Waals surface area contributed by atoms with Gasteiger partial charge in [-0.25, -0.2) is 0 Å². The van der Waals surface area contributed by atoms with Gasteiger partial charge in [0, 0.05) is 19.3 Å². The Balaban J connectivity index is 4.22. The van der Waals surface area contributed by atoms with Gasteiger partial charge >= 0.3 is 17.9 Å². The number of carbonyl (C=O) groups is 3. The van der Waals surface area contributed by atoms with Crippen molar-refractivity contribution in [2.45, 2.75) is 329 Å². The zero-order valence-electron chi connectivity index (χ0n) is 43.3. The number of carbonyl (C=O) groups excluding carboxylic acids is 3. The first-order valence-electron chi connectivity index (χ1n) is 28.7. The molecule has 0 aliphatic heterocycles. The molecule has 0 aromatic rings. The van der Waals surface area contributed by atoms with Crippen molar-refractivity contribution >= 4 is 17.9 Å². The van der Waals surface area contributed by atoms with Crippen LogP contribution in [0.2, 0.25) is 0 Å². The summed E-state index contributed by atoms with van der Waals surface area (Å²) in [6.07, 6.45) is 60.7. The van der Waals surface area contributed by atoms with Crippen molar-refractivity contribution in [3.63, 3.8) is 0 Å². The Morgan fingerprint density at radius 3 is 0.781 bits per heavy atom. The summed E-state index contributed by atoms with van der Waals surface area (Å²) in [5.74, 6) is -0.851. The summed E-state index contributed by atoms with van der Waals surface area (Å²) in [4.78, 5) is 38.0. The number of esters is 3. The number of allylic oxidation sites excluding steroid dienone is 2. The molecule has 6 nitrogen and oxygen atoms in total. The third-order valence-corrected chi connectivity index (χ3v) is 13.0. The zero-order valence-corrected chi connectivity index (χ0v) is 43.3. The van der Waals surface area contributed by atoms with Crippen LogP contribution in [0.15, 0.2) is 12.2 Å². The predicted molar refractivity (Wildman–Crippen MR) is 275 cm³/mol. The number of hydrogen-bond acceptors (Lipinski definition) is 6. The fraction of sp³-hybridized carbons (Fsp3) is 0.914. The number of hydrogen-bond donors (Lipinski definition) is 0. The van der Waals surface area contributed by atoms with Gasteiger partial charge in [0.1, 0.15) is 13.2 Å². The molecule has 1 atom stereocenters. The maximum Gasteiger partial charge on any atom is 0.306 e. The highest BCUT2D eigenvalue weighted by Crippen LogP contribution is 2.17. The van der Waals surface area contributed by atoms with Crippen LogP contribution in [-0.4, -0.2) is 37.2 Å². The topological polar surface area (TPSA) is 78.9 Å². The summed E-state index contributed by atoms with van der Waals surface area (Å²) in [6.45, 7) is 6.67. The second kappa shape index (κ2) is 53.8. The summed E-state index contributed by atoms with van der Waals surface area (Å²) in [6, 6.07) is 0. The Bertz CT molecular complexity index is 993. The third-order valence-electron chi connectivity index (χ3n) is 13.0. The first-order valence-corrected chi connectivity index (χ1v) is 28.7. The van der Waals surface area contributed by atoms with E-state index in [1.807, 2.05) is 0 Å². The number of rotatable bonds is 53. The summed E-state index contributed by atoms with van der Waals surface area (Å²) >= 11 is 0. The van der Waals surface area contributed by atoms with Crippen LogP contribution < -0.4 is 0 Å². The quantitative estimate of drug-likeness (QED) is 0.0262.